The number of carbonyl (C=O) groups is 3. The standard InChI is InChI=1S/C26H27F2N3O3/c1-15-2-3-19(27)10-17(15)13-30-8-6-16(7-9-30)20-11-18-14-31(26(34)21(18)12-22(20)28)23-4-5-24(32)29-25(23)33/h2-3,10-12,16,23H,4-9,13-14H2,1H3,(H,29,32,33). The first-order valence-corrected chi connectivity index (χ1v) is 11.7. The SMILES string of the molecule is Cc1ccc(F)cc1CN1CCC(c2cc3c(cc2F)C(=O)N(C2CCC(=O)NC2=O)C3)CC1. The second-order valence-corrected chi connectivity index (χ2v) is 9.55. The van der Waals surface area contributed by atoms with Gasteiger partial charge in [-0.15, -0.1) is 0 Å². The van der Waals surface area contributed by atoms with E-state index in [2.05, 4.69) is 10.2 Å². The molecule has 0 aromatic heterocycles. The Morgan fingerprint density at radius 1 is 1.03 bits per heavy atom. The number of rotatable bonds is 4. The number of halogens is 2. The number of amides is 3. The van der Waals surface area contributed by atoms with E-state index in [1.54, 1.807) is 18.2 Å². The van der Waals surface area contributed by atoms with Crippen LogP contribution in [0.1, 0.15) is 64.2 Å². The summed E-state index contributed by atoms with van der Waals surface area (Å²) in [5, 5.41) is 2.28. The van der Waals surface area contributed by atoms with Gasteiger partial charge in [0, 0.05) is 25.1 Å². The van der Waals surface area contributed by atoms with Crippen molar-refractivity contribution in [2.45, 2.75) is 57.7 Å². The lowest BCUT2D eigenvalue weighted by Gasteiger charge is -2.32. The summed E-state index contributed by atoms with van der Waals surface area (Å²) in [5.41, 5.74) is 3.65. The highest BCUT2D eigenvalue weighted by molar-refractivity contribution is 6.05. The predicted molar refractivity (Wildman–Crippen MR) is 121 cm³/mol. The van der Waals surface area contributed by atoms with Crippen LogP contribution >= 0.6 is 0 Å². The first-order valence-electron chi connectivity index (χ1n) is 11.7. The second kappa shape index (κ2) is 8.91. The van der Waals surface area contributed by atoms with Gasteiger partial charge >= 0.3 is 0 Å². The van der Waals surface area contributed by atoms with Gasteiger partial charge in [0.2, 0.25) is 11.8 Å². The highest BCUT2D eigenvalue weighted by Crippen LogP contribution is 2.35. The van der Waals surface area contributed by atoms with Gasteiger partial charge in [-0.2, -0.15) is 0 Å². The van der Waals surface area contributed by atoms with Crippen molar-refractivity contribution in [2.75, 3.05) is 13.1 Å². The summed E-state index contributed by atoms with van der Waals surface area (Å²) in [6, 6.07) is 7.21. The van der Waals surface area contributed by atoms with Gasteiger partial charge in [0.1, 0.15) is 17.7 Å². The monoisotopic (exact) mass is 467 g/mol. The van der Waals surface area contributed by atoms with Gasteiger partial charge < -0.3 is 4.90 Å². The fraction of sp³-hybridized carbons (Fsp3) is 0.423. The highest BCUT2D eigenvalue weighted by Gasteiger charge is 2.40. The van der Waals surface area contributed by atoms with E-state index in [-0.39, 0.29) is 42.9 Å². The predicted octanol–water partition coefficient (Wildman–Crippen LogP) is 3.41. The van der Waals surface area contributed by atoms with E-state index in [4.69, 9.17) is 0 Å². The van der Waals surface area contributed by atoms with Gasteiger partial charge in [-0.25, -0.2) is 8.78 Å². The van der Waals surface area contributed by atoms with Crippen LogP contribution in [0.5, 0.6) is 0 Å². The molecule has 0 spiro atoms. The zero-order valence-corrected chi connectivity index (χ0v) is 19.1. The van der Waals surface area contributed by atoms with Gasteiger partial charge in [0.25, 0.3) is 5.91 Å². The number of carbonyl (C=O) groups excluding carboxylic acids is 3. The summed E-state index contributed by atoms with van der Waals surface area (Å²) >= 11 is 0. The van der Waals surface area contributed by atoms with E-state index in [0.29, 0.717) is 17.7 Å². The molecule has 1 N–H and O–H groups in total. The molecule has 2 aromatic carbocycles. The molecular weight excluding hydrogens is 440 g/mol. The molecule has 0 bridgehead atoms. The summed E-state index contributed by atoms with van der Waals surface area (Å²) in [6.45, 7) is 4.43. The van der Waals surface area contributed by atoms with Crippen LogP contribution in [0.3, 0.4) is 0 Å². The molecule has 2 saturated heterocycles. The number of nitrogens with zero attached hydrogens (tertiary/aromatic N) is 2. The minimum absolute atomic E-state index is 0.0370. The van der Waals surface area contributed by atoms with Crippen LogP contribution in [-0.2, 0) is 22.7 Å². The van der Waals surface area contributed by atoms with Crippen LogP contribution < -0.4 is 5.32 Å². The molecule has 3 heterocycles. The molecule has 34 heavy (non-hydrogen) atoms. The third kappa shape index (κ3) is 4.22. The van der Waals surface area contributed by atoms with Gasteiger partial charge in [-0.3, -0.25) is 24.6 Å². The van der Waals surface area contributed by atoms with Crippen LogP contribution in [0.25, 0.3) is 0 Å². The van der Waals surface area contributed by atoms with E-state index in [0.717, 1.165) is 42.6 Å². The molecule has 8 heteroatoms. The summed E-state index contributed by atoms with van der Waals surface area (Å²) in [4.78, 5) is 40.3. The molecule has 1 unspecified atom stereocenters. The molecule has 3 aliphatic rings. The van der Waals surface area contributed by atoms with Crippen molar-refractivity contribution in [3.63, 3.8) is 0 Å². The maximum absolute atomic E-state index is 15.1. The Labute approximate surface area is 196 Å². The average molecular weight is 468 g/mol. The molecule has 2 fully saturated rings. The molecule has 0 aliphatic carbocycles. The minimum atomic E-state index is -0.710. The number of fused-ring (bicyclic) bond motifs is 1. The third-order valence-corrected chi connectivity index (χ3v) is 7.37. The van der Waals surface area contributed by atoms with Gasteiger partial charge in [-0.05, 0) is 85.6 Å². The van der Waals surface area contributed by atoms with Crippen molar-refractivity contribution in [3.05, 3.63) is 69.8 Å². The Morgan fingerprint density at radius 2 is 1.79 bits per heavy atom. The molecule has 178 valence electrons. The number of piperidine rings is 2. The topological polar surface area (TPSA) is 69.7 Å². The van der Waals surface area contributed by atoms with Crippen molar-refractivity contribution in [1.29, 1.82) is 0 Å². The highest BCUT2D eigenvalue weighted by atomic mass is 19.1. The number of likely N-dealkylation sites (tertiary alicyclic amines) is 1. The summed E-state index contributed by atoms with van der Waals surface area (Å²) < 4.78 is 28.7. The van der Waals surface area contributed by atoms with Crippen LogP contribution in [0.4, 0.5) is 8.78 Å². The molecule has 2 aromatic rings. The number of nitrogens with one attached hydrogen (secondary N) is 1. The normalized spacial score (nSPS) is 21.7. The molecule has 0 radical (unpaired) electrons. The van der Waals surface area contributed by atoms with Crippen LogP contribution in [0, 0.1) is 18.6 Å². The molecule has 1 atom stereocenters. The van der Waals surface area contributed by atoms with Crippen LogP contribution in [-0.4, -0.2) is 46.7 Å². The molecule has 3 aliphatic heterocycles. The van der Waals surface area contributed by atoms with Crippen molar-refractivity contribution >= 4 is 17.7 Å². The maximum Gasteiger partial charge on any atom is 0.255 e. The van der Waals surface area contributed by atoms with Gasteiger partial charge in [0.05, 0.1) is 0 Å². The number of benzene rings is 2. The maximum atomic E-state index is 15.1. The Balaban J connectivity index is 1.27. The minimum Gasteiger partial charge on any atom is -0.322 e. The number of hydrogen-bond acceptors (Lipinski definition) is 4. The Hall–Kier alpha value is -3.13. The van der Waals surface area contributed by atoms with Gasteiger partial charge in [0.15, 0.2) is 0 Å². The lowest BCUT2D eigenvalue weighted by Crippen LogP contribution is -2.52. The largest absolute Gasteiger partial charge is 0.322 e. The zero-order chi connectivity index (χ0) is 24.0. The number of hydrogen-bond donors (Lipinski definition) is 1. The van der Waals surface area contributed by atoms with Gasteiger partial charge in [-0.1, -0.05) is 12.1 Å². The fourth-order valence-electron chi connectivity index (χ4n) is 5.37. The quantitative estimate of drug-likeness (QED) is 0.700. The molecule has 5 rings (SSSR count). The smallest absolute Gasteiger partial charge is 0.255 e. The zero-order valence-electron chi connectivity index (χ0n) is 19.1. The molecule has 6 nitrogen and oxygen atoms in total. The molecule has 3 amide bonds. The molecular formula is C26H27F2N3O3. The lowest BCUT2D eigenvalue weighted by molar-refractivity contribution is -0.136. The first kappa shape index (κ1) is 22.7. The Kier molecular flexibility index (Phi) is 5.93. The summed E-state index contributed by atoms with van der Waals surface area (Å²) in [5.74, 6) is -1.77. The van der Waals surface area contributed by atoms with Crippen molar-refractivity contribution < 1.29 is 23.2 Å². The fourth-order valence-corrected chi connectivity index (χ4v) is 5.37. The van der Waals surface area contributed by atoms with E-state index in [1.807, 2.05) is 6.92 Å². The number of imide groups is 1. The summed E-state index contributed by atoms with van der Waals surface area (Å²) in [7, 11) is 0. The third-order valence-electron chi connectivity index (χ3n) is 7.37. The summed E-state index contributed by atoms with van der Waals surface area (Å²) in [6.07, 6.45) is 2.01. The van der Waals surface area contributed by atoms with E-state index < -0.39 is 17.8 Å². The van der Waals surface area contributed by atoms with Crippen LogP contribution in [0.2, 0.25) is 0 Å². The Morgan fingerprint density at radius 3 is 2.53 bits per heavy atom. The first-order chi connectivity index (χ1) is 16.3. The lowest BCUT2D eigenvalue weighted by atomic mass is 9.87. The van der Waals surface area contributed by atoms with Crippen molar-refractivity contribution in [1.82, 2.24) is 15.1 Å². The van der Waals surface area contributed by atoms with Crippen molar-refractivity contribution in [2.24, 2.45) is 0 Å². The molecule has 0 saturated carbocycles. The van der Waals surface area contributed by atoms with E-state index >= 15 is 4.39 Å². The Bertz CT molecular complexity index is 1170. The van der Waals surface area contributed by atoms with Crippen LogP contribution in [0.15, 0.2) is 30.3 Å². The van der Waals surface area contributed by atoms with Crippen molar-refractivity contribution in [3.8, 4) is 0 Å². The average Bonchev–Trinajstić information content (AvgIpc) is 3.11. The second-order valence-electron chi connectivity index (χ2n) is 9.55. The van der Waals surface area contributed by atoms with E-state index in [1.165, 1.54) is 17.0 Å². The number of aryl methyl sites for hydroxylation is 1. The van der Waals surface area contributed by atoms with E-state index in [9.17, 15) is 18.8 Å².